The number of hydrogen-bond acceptors (Lipinski definition) is 0. The Hall–Kier alpha value is -2.39. The van der Waals surface area contributed by atoms with E-state index < -0.39 is 0 Å². The number of hydrogen-bond donors (Lipinski definition) is 0. The molecule has 0 radical (unpaired) electrons. The van der Waals surface area contributed by atoms with Crippen LogP contribution in [0.25, 0.3) is 11.1 Å². The molecule has 0 fully saturated rings. The van der Waals surface area contributed by atoms with Crippen LogP contribution in [0.5, 0.6) is 0 Å². The minimum atomic E-state index is -0.254. The van der Waals surface area contributed by atoms with Crippen molar-refractivity contribution in [2.45, 2.75) is 5.41 Å². The largest absolute Gasteiger partial charge is 0.0901 e. The monoisotopic (exact) mass is 460 g/mol. The number of rotatable bonds is 2. The van der Waals surface area contributed by atoms with E-state index in [1.54, 1.807) is 0 Å². The summed E-state index contributed by atoms with van der Waals surface area (Å²) in [6, 6.07) is 39.5. The molecule has 0 atom stereocenters. The van der Waals surface area contributed by atoms with Crippen molar-refractivity contribution in [1.29, 1.82) is 0 Å². The summed E-state index contributed by atoms with van der Waals surface area (Å²) < 4.78 is 0. The first kappa shape index (κ1) is 18.0. The van der Waals surface area contributed by atoms with Gasteiger partial charge in [0.2, 0.25) is 0 Å². The van der Waals surface area contributed by atoms with Crippen molar-refractivity contribution < 1.29 is 0 Å². The lowest BCUT2D eigenvalue weighted by Crippen LogP contribution is -2.28. The molecule has 0 bridgehead atoms. The van der Waals surface area contributed by atoms with Gasteiger partial charge in [-0.15, -0.1) is 0 Å². The fourth-order valence-corrected chi connectivity index (χ4v) is 4.40. The maximum absolute atomic E-state index is 2.29. The van der Waals surface area contributed by atoms with E-state index >= 15 is 0 Å². The standard InChI is InChI=1S/C25H18.CH3I/c1-3-11-19(12-4-1)25(20-13-5-2-6-14-20)23-17-9-7-15-21(23)22-16-8-10-18-24(22)25;1-2/h1-18H;1H3. The predicted octanol–water partition coefficient (Wildman–Crippen LogP) is 7.10. The Balaban J connectivity index is 0.000000872. The van der Waals surface area contributed by atoms with Gasteiger partial charge < -0.3 is 0 Å². The number of benzene rings is 4. The normalized spacial score (nSPS) is 13.1. The molecule has 5 rings (SSSR count). The smallest absolute Gasteiger partial charge is 0.0713 e. The average Bonchev–Trinajstić information content (AvgIpc) is 3.08. The first-order valence-corrected chi connectivity index (χ1v) is 11.3. The van der Waals surface area contributed by atoms with Crippen molar-refractivity contribution in [1.82, 2.24) is 0 Å². The van der Waals surface area contributed by atoms with Gasteiger partial charge in [-0.1, -0.05) is 132 Å². The van der Waals surface area contributed by atoms with E-state index in [1.807, 2.05) is 4.93 Å². The maximum Gasteiger partial charge on any atom is 0.0713 e. The lowest BCUT2D eigenvalue weighted by Gasteiger charge is -2.33. The minimum absolute atomic E-state index is 0.254. The Morgan fingerprint density at radius 3 is 1.19 bits per heavy atom. The van der Waals surface area contributed by atoms with Crippen LogP contribution < -0.4 is 0 Å². The molecule has 0 aromatic heterocycles. The number of halogens is 1. The second-order valence-corrected chi connectivity index (χ2v) is 6.57. The fourth-order valence-electron chi connectivity index (χ4n) is 4.40. The van der Waals surface area contributed by atoms with E-state index in [0.29, 0.717) is 0 Å². The van der Waals surface area contributed by atoms with Crippen molar-refractivity contribution in [2.24, 2.45) is 0 Å². The molecular weight excluding hydrogens is 439 g/mol. The molecule has 0 heterocycles. The van der Waals surface area contributed by atoms with Crippen LogP contribution in [0.2, 0.25) is 0 Å². The van der Waals surface area contributed by atoms with Gasteiger partial charge in [0.1, 0.15) is 0 Å². The lowest BCUT2D eigenvalue weighted by atomic mass is 9.68. The van der Waals surface area contributed by atoms with Crippen LogP contribution in [0.3, 0.4) is 0 Å². The summed E-state index contributed by atoms with van der Waals surface area (Å²) in [4.78, 5) is 1.97. The molecule has 0 spiro atoms. The van der Waals surface area contributed by atoms with E-state index in [4.69, 9.17) is 0 Å². The SMILES string of the molecule is CI.c1ccc(C2(c3ccccc3)c3ccccc3-c3ccccc32)cc1. The van der Waals surface area contributed by atoms with Crippen LogP contribution in [0.4, 0.5) is 0 Å². The van der Waals surface area contributed by atoms with Gasteiger partial charge in [-0.05, 0) is 38.3 Å². The quantitative estimate of drug-likeness (QED) is 0.195. The molecular formula is C26H21I. The van der Waals surface area contributed by atoms with Gasteiger partial charge in [0, 0.05) is 0 Å². The highest BCUT2D eigenvalue weighted by Gasteiger charge is 2.45. The molecule has 0 aliphatic heterocycles. The Morgan fingerprint density at radius 2 is 0.778 bits per heavy atom. The van der Waals surface area contributed by atoms with Crippen molar-refractivity contribution in [3.05, 3.63) is 131 Å². The highest BCUT2D eigenvalue weighted by Crippen LogP contribution is 2.55. The highest BCUT2D eigenvalue weighted by atomic mass is 127. The summed E-state index contributed by atoms with van der Waals surface area (Å²) >= 11 is 2.15. The zero-order valence-corrected chi connectivity index (χ0v) is 17.4. The molecule has 0 amide bonds. The van der Waals surface area contributed by atoms with Crippen molar-refractivity contribution in [3.8, 4) is 11.1 Å². The van der Waals surface area contributed by atoms with Gasteiger partial charge in [0.15, 0.2) is 0 Å². The summed E-state index contributed by atoms with van der Waals surface area (Å²) in [5.41, 5.74) is 7.80. The topological polar surface area (TPSA) is 0 Å². The van der Waals surface area contributed by atoms with Gasteiger partial charge >= 0.3 is 0 Å². The van der Waals surface area contributed by atoms with E-state index in [2.05, 4.69) is 132 Å². The van der Waals surface area contributed by atoms with Gasteiger partial charge in [-0.25, -0.2) is 0 Å². The Labute approximate surface area is 175 Å². The summed E-state index contributed by atoms with van der Waals surface area (Å²) in [7, 11) is 0. The molecule has 4 aromatic rings. The molecule has 0 N–H and O–H groups in total. The van der Waals surface area contributed by atoms with Crippen molar-refractivity contribution >= 4 is 22.6 Å². The molecule has 0 saturated carbocycles. The summed E-state index contributed by atoms with van der Waals surface area (Å²) in [5.74, 6) is 0. The Kier molecular flexibility index (Phi) is 5.13. The molecule has 1 aliphatic rings. The second-order valence-electron chi connectivity index (χ2n) is 6.57. The molecule has 4 aromatic carbocycles. The minimum Gasteiger partial charge on any atom is -0.0901 e. The Morgan fingerprint density at radius 1 is 0.444 bits per heavy atom. The van der Waals surface area contributed by atoms with Crippen LogP contribution in [0.1, 0.15) is 22.3 Å². The van der Waals surface area contributed by atoms with Crippen molar-refractivity contribution in [2.75, 3.05) is 4.93 Å². The van der Waals surface area contributed by atoms with Crippen LogP contribution in [-0.2, 0) is 5.41 Å². The third-order valence-electron chi connectivity index (χ3n) is 5.37. The fraction of sp³-hybridized carbons (Fsp3) is 0.0769. The van der Waals surface area contributed by atoms with Crippen LogP contribution in [-0.4, -0.2) is 4.93 Å². The first-order valence-electron chi connectivity index (χ1n) is 9.10. The van der Waals surface area contributed by atoms with Gasteiger partial charge in [0.05, 0.1) is 5.41 Å². The third kappa shape index (κ3) is 2.72. The molecule has 27 heavy (non-hydrogen) atoms. The highest BCUT2D eigenvalue weighted by molar-refractivity contribution is 14.1. The lowest BCUT2D eigenvalue weighted by molar-refractivity contribution is 0.768. The molecule has 132 valence electrons. The van der Waals surface area contributed by atoms with E-state index in [-0.39, 0.29) is 5.41 Å². The van der Waals surface area contributed by atoms with E-state index in [0.717, 1.165) is 0 Å². The predicted molar refractivity (Wildman–Crippen MR) is 124 cm³/mol. The van der Waals surface area contributed by atoms with Crippen LogP contribution in [0, 0.1) is 0 Å². The molecule has 1 heteroatoms. The van der Waals surface area contributed by atoms with Crippen molar-refractivity contribution in [3.63, 3.8) is 0 Å². The first-order chi connectivity index (χ1) is 13.4. The number of alkyl halides is 1. The molecule has 1 aliphatic carbocycles. The Bertz CT molecular complexity index is 949. The van der Waals surface area contributed by atoms with Gasteiger partial charge in [-0.3, -0.25) is 0 Å². The zero-order valence-electron chi connectivity index (χ0n) is 15.3. The van der Waals surface area contributed by atoms with E-state index in [9.17, 15) is 0 Å². The molecule has 0 nitrogen and oxygen atoms in total. The van der Waals surface area contributed by atoms with Gasteiger partial charge in [-0.2, -0.15) is 0 Å². The molecule has 0 unspecified atom stereocenters. The molecule has 0 saturated heterocycles. The van der Waals surface area contributed by atoms with E-state index in [1.165, 1.54) is 33.4 Å². The zero-order chi connectivity index (χ0) is 18.7. The van der Waals surface area contributed by atoms with Crippen LogP contribution in [0.15, 0.2) is 109 Å². The summed E-state index contributed by atoms with van der Waals surface area (Å²) in [5, 5.41) is 0. The summed E-state index contributed by atoms with van der Waals surface area (Å²) in [6.07, 6.45) is 0. The van der Waals surface area contributed by atoms with Crippen LogP contribution >= 0.6 is 22.6 Å². The summed E-state index contributed by atoms with van der Waals surface area (Å²) in [6.45, 7) is 0. The average molecular weight is 460 g/mol. The number of fused-ring (bicyclic) bond motifs is 3. The third-order valence-corrected chi connectivity index (χ3v) is 5.37. The van der Waals surface area contributed by atoms with Gasteiger partial charge in [0.25, 0.3) is 0 Å². The maximum atomic E-state index is 2.29. The second kappa shape index (κ2) is 7.69.